The molecule has 0 saturated carbocycles. The van der Waals surface area contributed by atoms with E-state index < -0.39 is 34.4 Å². The molecule has 12 heteroatoms. The van der Waals surface area contributed by atoms with Gasteiger partial charge in [-0.15, -0.1) is 0 Å². The van der Waals surface area contributed by atoms with Crippen molar-refractivity contribution in [1.82, 2.24) is 14.9 Å². The van der Waals surface area contributed by atoms with Gasteiger partial charge >= 0.3 is 6.09 Å². The van der Waals surface area contributed by atoms with E-state index in [0.717, 1.165) is 5.56 Å². The third-order valence-electron chi connectivity index (χ3n) is 7.40. The number of hydrogen-bond acceptors (Lipinski definition) is 8. The zero-order chi connectivity index (χ0) is 29.6. The van der Waals surface area contributed by atoms with Gasteiger partial charge in [-0.2, -0.15) is 4.31 Å². The van der Waals surface area contributed by atoms with Crippen LogP contribution in [0.3, 0.4) is 0 Å². The van der Waals surface area contributed by atoms with Crippen LogP contribution in [0.15, 0.2) is 59.5 Å². The highest BCUT2D eigenvalue weighted by Crippen LogP contribution is 2.28. The summed E-state index contributed by atoms with van der Waals surface area (Å²) in [6.45, 7) is 4.54. The van der Waals surface area contributed by atoms with E-state index >= 15 is 0 Å². The van der Waals surface area contributed by atoms with Crippen molar-refractivity contribution in [1.29, 1.82) is 0 Å². The number of fused-ring (bicyclic) bond motifs is 1. The molecule has 11 nitrogen and oxygen atoms in total. The summed E-state index contributed by atoms with van der Waals surface area (Å²) in [6, 6.07) is 14.5. The molecule has 0 aromatic heterocycles. The third kappa shape index (κ3) is 7.76. The van der Waals surface area contributed by atoms with Crippen LogP contribution >= 0.6 is 0 Å². The lowest BCUT2D eigenvalue weighted by Gasteiger charge is -2.33. The first-order valence-corrected chi connectivity index (χ1v) is 15.2. The van der Waals surface area contributed by atoms with Crippen LogP contribution in [0.25, 0.3) is 0 Å². The first kappa shape index (κ1) is 30.8. The number of methoxy groups -OCH3 is 1. The molecule has 3 N–H and O–H groups in total. The molecule has 2 aliphatic rings. The Balaban J connectivity index is 1.51. The van der Waals surface area contributed by atoms with Crippen molar-refractivity contribution in [3.63, 3.8) is 0 Å². The predicted molar refractivity (Wildman–Crippen MR) is 151 cm³/mol. The van der Waals surface area contributed by atoms with Gasteiger partial charge in [-0.1, -0.05) is 44.2 Å². The van der Waals surface area contributed by atoms with Crippen molar-refractivity contribution in [2.24, 2.45) is 17.8 Å². The van der Waals surface area contributed by atoms with Gasteiger partial charge in [-0.05, 0) is 42.2 Å². The minimum Gasteiger partial charge on any atom is -0.497 e. The first-order chi connectivity index (χ1) is 19.6. The molecule has 2 saturated heterocycles. The topological polar surface area (TPSA) is 144 Å². The van der Waals surface area contributed by atoms with E-state index in [0.29, 0.717) is 12.3 Å². The lowest BCUT2D eigenvalue weighted by Crippen LogP contribution is -2.52. The van der Waals surface area contributed by atoms with Crippen molar-refractivity contribution in [3.8, 4) is 5.75 Å². The maximum Gasteiger partial charge on any atom is 0.407 e. The minimum absolute atomic E-state index is 0.0253. The zero-order valence-corrected chi connectivity index (χ0v) is 24.4. The Hall–Kier alpha value is -3.19. The smallest absolute Gasteiger partial charge is 0.407 e. The van der Waals surface area contributed by atoms with E-state index in [4.69, 9.17) is 14.2 Å². The summed E-state index contributed by atoms with van der Waals surface area (Å²) < 4.78 is 44.8. The lowest BCUT2D eigenvalue weighted by atomic mass is 9.89. The fourth-order valence-electron chi connectivity index (χ4n) is 5.22. The molecule has 2 amide bonds. The molecule has 0 aliphatic carbocycles. The van der Waals surface area contributed by atoms with Gasteiger partial charge in [0.1, 0.15) is 11.9 Å². The van der Waals surface area contributed by atoms with Gasteiger partial charge in [-0.25, -0.2) is 13.2 Å². The van der Waals surface area contributed by atoms with Crippen LogP contribution in [0.5, 0.6) is 5.75 Å². The lowest BCUT2D eigenvalue weighted by molar-refractivity contribution is -0.131. The second-order valence-electron chi connectivity index (χ2n) is 10.9. The maximum atomic E-state index is 13.6. The maximum absolute atomic E-state index is 13.6. The Morgan fingerprint density at radius 1 is 1.12 bits per heavy atom. The summed E-state index contributed by atoms with van der Waals surface area (Å²) in [5, 5.41) is 17.0. The number of nitrogens with zero attached hydrogens (tertiary/aromatic N) is 1. The Morgan fingerprint density at radius 2 is 1.83 bits per heavy atom. The van der Waals surface area contributed by atoms with Crippen molar-refractivity contribution < 1.29 is 37.3 Å². The van der Waals surface area contributed by atoms with Crippen LogP contribution in [0.4, 0.5) is 4.79 Å². The molecule has 2 heterocycles. The van der Waals surface area contributed by atoms with Gasteiger partial charge in [0.15, 0.2) is 0 Å². The number of rotatable bonds is 12. The SMILES string of the molecule is COc1ccc(S(=O)(=O)N(CC(C)C)C[C@@H](O)[C@H](Cc2ccccc2)NC(=O)OC2COCC3C(=O)NCC23)cc1. The quantitative estimate of drug-likeness (QED) is 0.340. The minimum atomic E-state index is -3.97. The van der Waals surface area contributed by atoms with Gasteiger partial charge in [0.05, 0.1) is 43.3 Å². The highest BCUT2D eigenvalue weighted by Gasteiger charge is 2.45. The average molecular weight is 590 g/mol. The molecule has 2 aliphatic heterocycles. The number of aliphatic hydroxyl groups is 1. The second kappa shape index (κ2) is 13.6. The summed E-state index contributed by atoms with van der Waals surface area (Å²) in [5.74, 6) is -0.194. The van der Waals surface area contributed by atoms with E-state index in [1.54, 1.807) is 12.1 Å². The molecule has 2 fully saturated rings. The monoisotopic (exact) mass is 589 g/mol. The van der Waals surface area contributed by atoms with Crippen molar-refractivity contribution in [3.05, 3.63) is 60.2 Å². The fourth-order valence-corrected chi connectivity index (χ4v) is 6.84. The highest BCUT2D eigenvalue weighted by atomic mass is 32.2. The van der Waals surface area contributed by atoms with Crippen molar-refractivity contribution in [2.75, 3.05) is 40.0 Å². The van der Waals surface area contributed by atoms with Crippen LogP contribution in [-0.4, -0.2) is 88.0 Å². The number of amides is 2. The molecule has 0 radical (unpaired) electrons. The largest absolute Gasteiger partial charge is 0.497 e. The molecular weight excluding hydrogens is 550 g/mol. The number of ether oxygens (including phenoxy) is 3. The van der Waals surface area contributed by atoms with Gasteiger partial charge in [0.2, 0.25) is 15.9 Å². The molecular formula is C29H39N3O8S. The molecule has 2 aromatic carbocycles. The number of sulfonamides is 1. The molecule has 0 bridgehead atoms. The summed E-state index contributed by atoms with van der Waals surface area (Å²) in [4.78, 5) is 25.2. The summed E-state index contributed by atoms with van der Waals surface area (Å²) in [6.07, 6.45) is -2.43. The van der Waals surface area contributed by atoms with E-state index in [1.807, 2.05) is 44.2 Å². The number of hydrogen-bond donors (Lipinski definition) is 3. The van der Waals surface area contributed by atoms with Crippen LogP contribution in [0.1, 0.15) is 19.4 Å². The van der Waals surface area contributed by atoms with E-state index in [-0.39, 0.29) is 61.3 Å². The summed E-state index contributed by atoms with van der Waals surface area (Å²) >= 11 is 0. The summed E-state index contributed by atoms with van der Waals surface area (Å²) in [7, 11) is -2.47. The standard InChI is InChI=1S/C29H39N3O8S/c1-19(2)15-32(41(36,37)22-11-9-21(38-3)10-12-22)16-26(33)25(13-20-7-5-4-6-8-20)31-29(35)40-27-18-39-17-24-23(27)14-30-28(24)34/h4-12,19,23-27,33H,13-18H2,1-3H3,(H,30,34)(H,31,35)/t23?,24?,25-,26+,27?/m0/s1. The molecule has 0 spiro atoms. The second-order valence-corrected chi connectivity index (χ2v) is 12.8. The number of alkyl carbamates (subject to hydrolysis) is 1. The zero-order valence-electron chi connectivity index (χ0n) is 23.6. The highest BCUT2D eigenvalue weighted by molar-refractivity contribution is 7.89. The molecule has 224 valence electrons. The number of carbonyl (C=O) groups excluding carboxylic acids is 2. The van der Waals surface area contributed by atoms with Crippen molar-refractivity contribution >= 4 is 22.0 Å². The normalized spacial score (nSPS) is 22.1. The van der Waals surface area contributed by atoms with Crippen molar-refractivity contribution in [2.45, 2.75) is 43.4 Å². The van der Waals surface area contributed by atoms with Crippen LogP contribution < -0.4 is 15.4 Å². The number of aliphatic hydroxyl groups excluding tert-OH is 1. The average Bonchev–Trinajstić information content (AvgIpc) is 3.34. The molecule has 4 rings (SSSR count). The third-order valence-corrected chi connectivity index (χ3v) is 9.25. The Kier molecular flexibility index (Phi) is 10.2. The Labute approximate surface area is 241 Å². The van der Waals surface area contributed by atoms with E-state index in [2.05, 4.69) is 10.6 Å². The Bertz CT molecular complexity index is 1270. The molecule has 41 heavy (non-hydrogen) atoms. The van der Waals surface area contributed by atoms with Gasteiger partial charge in [0.25, 0.3) is 0 Å². The number of benzene rings is 2. The number of carbonyl (C=O) groups is 2. The van der Waals surface area contributed by atoms with E-state index in [1.165, 1.54) is 23.5 Å². The van der Waals surface area contributed by atoms with Crippen LogP contribution in [-0.2, 0) is 30.7 Å². The van der Waals surface area contributed by atoms with Gasteiger partial charge in [-0.3, -0.25) is 4.79 Å². The van der Waals surface area contributed by atoms with Crippen LogP contribution in [0.2, 0.25) is 0 Å². The Morgan fingerprint density at radius 3 is 2.49 bits per heavy atom. The molecule has 3 unspecified atom stereocenters. The molecule has 2 aromatic rings. The van der Waals surface area contributed by atoms with Gasteiger partial charge in [0, 0.05) is 25.6 Å². The fraction of sp³-hybridized carbons (Fsp3) is 0.517. The summed E-state index contributed by atoms with van der Waals surface area (Å²) in [5.41, 5.74) is 0.844. The van der Waals surface area contributed by atoms with Gasteiger partial charge < -0.3 is 30.0 Å². The number of nitrogens with one attached hydrogen (secondary N) is 2. The van der Waals surface area contributed by atoms with Crippen LogP contribution in [0, 0.1) is 17.8 Å². The molecule has 5 atom stereocenters. The van der Waals surface area contributed by atoms with E-state index in [9.17, 15) is 23.1 Å². The predicted octanol–water partition coefficient (Wildman–Crippen LogP) is 1.80. The first-order valence-electron chi connectivity index (χ1n) is 13.8.